The van der Waals surface area contributed by atoms with E-state index < -0.39 is 24.8 Å². The van der Waals surface area contributed by atoms with Crippen LogP contribution < -0.4 is 9.64 Å². The van der Waals surface area contributed by atoms with E-state index in [0.717, 1.165) is 6.42 Å². The first-order valence-corrected chi connectivity index (χ1v) is 8.28. The van der Waals surface area contributed by atoms with Crippen LogP contribution in [-0.2, 0) is 9.47 Å². The van der Waals surface area contributed by atoms with Gasteiger partial charge >= 0.3 is 12.3 Å². The third-order valence-corrected chi connectivity index (χ3v) is 4.58. The number of aliphatic hydroxyl groups excluding tert-OH is 1. The van der Waals surface area contributed by atoms with Gasteiger partial charge in [-0.25, -0.2) is 4.79 Å². The number of carbonyl (C=O) groups excluding carboxylic acids is 1. The molecule has 26 heavy (non-hydrogen) atoms. The van der Waals surface area contributed by atoms with Crippen LogP contribution in [0.5, 0.6) is 5.75 Å². The first kappa shape index (κ1) is 18.8. The molecule has 1 saturated heterocycles. The number of amides is 1. The van der Waals surface area contributed by atoms with Gasteiger partial charge in [0.2, 0.25) is 0 Å². The lowest BCUT2D eigenvalue weighted by Crippen LogP contribution is -2.30. The predicted octanol–water partition coefficient (Wildman–Crippen LogP) is 2.74. The quantitative estimate of drug-likeness (QED) is 0.794. The van der Waals surface area contributed by atoms with Crippen molar-refractivity contribution >= 4 is 11.8 Å². The summed E-state index contributed by atoms with van der Waals surface area (Å²) in [5, 5.41) is 8.92. The Labute approximate surface area is 148 Å². The Morgan fingerprint density at radius 3 is 2.62 bits per heavy atom. The van der Waals surface area contributed by atoms with E-state index in [1.165, 1.54) is 4.90 Å². The van der Waals surface area contributed by atoms with Crippen LogP contribution in [0.1, 0.15) is 12.8 Å². The van der Waals surface area contributed by atoms with Gasteiger partial charge in [-0.15, -0.1) is 0 Å². The topological polar surface area (TPSA) is 68.2 Å². The number of hydrogen-bond acceptors (Lipinski definition) is 5. The summed E-state index contributed by atoms with van der Waals surface area (Å²) >= 11 is 0. The highest BCUT2D eigenvalue weighted by Gasteiger charge is 2.49. The number of ether oxygens (including phenoxy) is 3. The van der Waals surface area contributed by atoms with Crippen molar-refractivity contribution in [2.75, 3.05) is 25.2 Å². The SMILES string of the molecule is COC1CC1C1CN(c2ccc(OCC[C@@H](O)C(F)(F)F)cc2)C(=O)O1. The van der Waals surface area contributed by atoms with Crippen LogP contribution in [0.3, 0.4) is 0 Å². The molecule has 1 aliphatic carbocycles. The number of carbonyl (C=O) groups is 1. The van der Waals surface area contributed by atoms with Crippen LogP contribution >= 0.6 is 0 Å². The summed E-state index contributed by atoms with van der Waals surface area (Å²) in [6.45, 7) is 0.162. The Hall–Kier alpha value is -2.00. The third-order valence-electron chi connectivity index (χ3n) is 4.58. The summed E-state index contributed by atoms with van der Waals surface area (Å²) in [4.78, 5) is 13.5. The molecular weight excluding hydrogens is 355 g/mol. The Morgan fingerprint density at radius 2 is 2.04 bits per heavy atom. The maximum Gasteiger partial charge on any atom is 0.414 e. The van der Waals surface area contributed by atoms with E-state index in [-0.39, 0.29) is 24.7 Å². The molecule has 1 aromatic carbocycles. The molecule has 0 aromatic heterocycles. The number of anilines is 1. The molecule has 1 amide bonds. The van der Waals surface area contributed by atoms with Crippen molar-refractivity contribution in [2.24, 2.45) is 5.92 Å². The van der Waals surface area contributed by atoms with Crippen molar-refractivity contribution in [3.8, 4) is 5.75 Å². The fraction of sp³-hybridized carbons (Fsp3) is 0.588. The molecule has 1 aliphatic heterocycles. The molecule has 0 bridgehead atoms. The van der Waals surface area contributed by atoms with Crippen LogP contribution in [-0.4, -0.2) is 55.9 Å². The summed E-state index contributed by atoms with van der Waals surface area (Å²) in [6, 6.07) is 6.40. The van der Waals surface area contributed by atoms with Gasteiger partial charge in [-0.2, -0.15) is 13.2 Å². The summed E-state index contributed by atoms with van der Waals surface area (Å²) < 4.78 is 52.5. The Balaban J connectivity index is 1.51. The minimum atomic E-state index is -4.65. The van der Waals surface area contributed by atoms with Crippen molar-refractivity contribution in [2.45, 2.75) is 37.3 Å². The average molecular weight is 375 g/mol. The second-order valence-corrected chi connectivity index (χ2v) is 6.39. The van der Waals surface area contributed by atoms with E-state index in [0.29, 0.717) is 18.0 Å². The van der Waals surface area contributed by atoms with Crippen LogP contribution in [0.15, 0.2) is 24.3 Å². The largest absolute Gasteiger partial charge is 0.493 e. The highest BCUT2D eigenvalue weighted by molar-refractivity contribution is 5.89. The number of nitrogens with zero attached hydrogens (tertiary/aromatic N) is 1. The van der Waals surface area contributed by atoms with Gasteiger partial charge in [0, 0.05) is 25.1 Å². The van der Waals surface area contributed by atoms with Gasteiger partial charge in [0.05, 0.1) is 19.3 Å². The van der Waals surface area contributed by atoms with Crippen molar-refractivity contribution in [1.82, 2.24) is 0 Å². The lowest BCUT2D eigenvalue weighted by atomic mass is 10.2. The number of alkyl halides is 3. The van der Waals surface area contributed by atoms with Gasteiger partial charge in [-0.05, 0) is 30.7 Å². The van der Waals surface area contributed by atoms with Crippen LogP contribution in [0, 0.1) is 5.92 Å². The first-order chi connectivity index (χ1) is 12.3. The molecule has 0 spiro atoms. The molecule has 3 unspecified atom stereocenters. The zero-order chi connectivity index (χ0) is 18.9. The van der Waals surface area contributed by atoms with E-state index >= 15 is 0 Å². The predicted molar refractivity (Wildman–Crippen MR) is 85.1 cm³/mol. The minimum Gasteiger partial charge on any atom is -0.493 e. The zero-order valence-corrected chi connectivity index (χ0v) is 14.1. The number of aliphatic hydroxyl groups is 1. The molecule has 4 atom stereocenters. The molecule has 0 radical (unpaired) electrons. The molecule has 1 N–H and O–H groups in total. The number of cyclic esters (lactones) is 1. The van der Waals surface area contributed by atoms with Gasteiger partial charge in [0.15, 0.2) is 6.10 Å². The van der Waals surface area contributed by atoms with E-state index in [4.69, 9.17) is 19.3 Å². The van der Waals surface area contributed by atoms with E-state index in [2.05, 4.69) is 0 Å². The van der Waals surface area contributed by atoms with Crippen molar-refractivity contribution < 1.29 is 37.3 Å². The fourth-order valence-corrected chi connectivity index (χ4v) is 2.94. The van der Waals surface area contributed by atoms with Gasteiger partial charge in [-0.3, -0.25) is 4.90 Å². The molecule has 9 heteroatoms. The molecule has 6 nitrogen and oxygen atoms in total. The lowest BCUT2D eigenvalue weighted by molar-refractivity contribution is -0.206. The lowest BCUT2D eigenvalue weighted by Gasteiger charge is -2.16. The second-order valence-electron chi connectivity index (χ2n) is 6.39. The summed E-state index contributed by atoms with van der Waals surface area (Å²) in [5.74, 6) is 0.575. The normalized spacial score (nSPS) is 26.6. The Bertz CT molecular complexity index is 636. The highest BCUT2D eigenvalue weighted by atomic mass is 19.4. The Kier molecular flexibility index (Phi) is 5.29. The van der Waals surface area contributed by atoms with Crippen molar-refractivity contribution in [3.63, 3.8) is 0 Å². The number of rotatable bonds is 7. The van der Waals surface area contributed by atoms with Crippen LogP contribution in [0.25, 0.3) is 0 Å². The first-order valence-electron chi connectivity index (χ1n) is 8.28. The van der Waals surface area contributed by atoms with Crippen LogP contribution in [0.2, 0.25) is 0 Å². The third kappa shape index (κ3) is 4.21. The van der Waals surface area contributed by atoms with Gasteiger partial charge in [0.1, 0.15) is 11.9 Å². The smallest absolute Gasteiger partial charge is 0.414 e. The molecule has 144 valence electrons. The molecule has 1 heterocycles. The van der Waals surface area contributed by atoms with Crippen molar-refractivity contribution in [3.05, 3.63) is 24.3 Å². The second kappa shape index (κ2) is 7.32. The van der Waals surface area contributed by atoms with E-state index in [1.54, 1.807) is 31.4 Å². The number of methoxy groups -OCH3 is 1. The summed E-state index contributed by atoms with van der Waals surface area (Å²) in [6.07, 6.45) is -7.23. The van der Waals surface area contributed by atoms with Gasteiger partial charge < -0.3 is 19.3 Å². The molecular formula is C17H20F3NO5. The van der Waals surface area contributed by atoms with Crippen LogP contribution in [0.4, 0.5) is 23.7 Å². The number of benzene rings is 1. The minimum absolute atomic E-state index is 0.135. The average Bonchev–Trinajstić information content (AvgIpc) is 3.29. The number of hydrogen-bond donors (Lipinski definition) is 1. The maximum atomic E-state index is 12.2. The number of halogens is 3. The van der Waals surface area contributed by atoms with Gasteiger partial charge in [0.25, 0.3) is 0 Å². The Morgan fingerprint density at radius 1 is 1.35 bits per heavy atom. The standard InChI is InChI=1S/C17H20F3NO5/c1-24-13-8-12(13)14-9-21(16(23)26-14)10-2-4-11(5-3-10)25-7-6-15(22)17(18,19)20/h2-5,12-15,22H,6-9H2,1H3/t12?,13?,14?,15-/m1/s1. The fourth-order valence-electron chi connectivity index (χ4n) is 2.94. The summed E-state index contributed by atoms with van der Waals surface area (Å²) in [7, 11) is 1.63. The monoisotopic (exact) mass is 375 g/mol. The maximum absolute atomic E-state index is 12.2. The molecule has 3 rings (SSSR count). The van der Waals surface area contributed by atoms with E-state index in [9.17, 15) is 18.0 Å². The summed E-state index contributed by atoms with van der Waals surface area (Å²) in [5.41, 5.74) is 0.620. The molecule has 1 aromatic rings. The molecule has 2 aliphatic rings. The zero-order valence-electron chi connectivity index (χ0n) is 14.1. The molecule has 1 saturated carbocycles. The van der Waals surface area contributed by atoms with Crippen molar-refractivity contribution in [1.29, 1.82) is 0 Å². The van der Waals surface area contributed by atoms with Gasteiger partial charge in [-0.1, -0.05) is 0 Å². The highest BCUT2D eigenvalue weighted by Crippen LogP contribution is 2.40. The molecule has 2 fully saturated rings. The van der Waals surface area contributed by atoms with E-state index in [1.807, 2.05) is 0 Å².